The van der Waals surface area contributed by atoms with Crippen molar-refractivity contribution in [2.24, 2.45) is 0 Å². The molecule has 94 valence electrons. The van der Waals surface area contributed by atoms with Crippen molar-refractivity contribution >= 4 is 17.4 Å². The number of anilines is 1. The van der Waals surface area contributed by atoms with Crippen LogP contribution in [-0.4, -0.2) is 6.26 Å². The minimum atomic E-state index is 0.881. The second-order valence-corrected chi connectivity index (χ2v) is 5.39. The van der Waals surface area contributed by atoms with E-state index in [9.17, 15) is 0 Å². The van der Waals surface area contributed by atoms with Crippen LogP contribution in [0.2, 0.25) is 0 Å². The van der Waals surface area contributed by atoms with E-state index < -0.39 is 0 Å². The topological polar surface area (TPSA) is 12.0 Å². The highest BCUT2D eigenvalue weighted by atomic mass is 32.2. The van der Waals surface area contributed by atoms with Gasteiger partial charge < -0.3 is 5.32 Å². The molecule has 0 heterocycles. The predicted octanol–water partition coefficient (Wildman–Crippen LogP) is 4.64. The molecular formula is C16H19NS. The van der Waals surface area contributed by atoms with Crippen LogP contribution in [0.15, 0.2) is 47.4 Å². The van der Waals surface area contributed by atoms with Crippen LogP contribution in [0.5, 0.6) is 0 Å². The Hall–Kier alpha value is -1.41. The Labute approximate surface area is 114 Å². The summed E-state index contributed by atoms with van der Waals surface area (Å²) in [5, 5.41) is 3.47. The first-order valence-electron chi connectivity index (χ1n) is 6.13. The van der Waals surface area contributed by atoms with Gasteiger partial charge in [0.25, 0.3) is 0 Å². The van der Waals surface area contributed by atoms with Crippen LogP contribution >= 0.6 is 11.8 Å². The van der Waals surface area contributed by atoms with E-state index in [-0.39, 0.29) is 0 Å². The van der Waals surface area contributed by atoms with Gasteiger partial charge in [0.15, 0.2) is 0 Å². The quantitative estimate of drug-likeness (QED) is 0.801. The molecular weight excluding hydrogens is 238 g/mol. The minimum absolute atomic E-state index is 0.881. The lowest BCUT2D eigenvalue weighted by Gasteiger charge is -2.10. The van der Waals surface area contributed by atoms with Crippen molar-refractivity contribution < 1.29 is 0 Å². The fourth-order valence-electron chi connectivity index (χ4n) is 1.90. The monoisotopic (exact) mass is 257 g/mol. The zero-order chi connectivity index (χ0) is 13.0. The van der Waals surface area contributed by atoms with Gasteiger partial charge in [-0.05, 0) is 55.5 Å². The second kappa shape index (κ2) is 5.96. The molecule has 0 atom stereocenters. The third kappa shape index (κ3) is 3.30. The molecule has 0 aliphatic heterocycles. The van der Waals surface area contributed by atoms with Crippen molar-refractivity contribution in [2.45, 2.75) is 25.3 Å². The molecule has 1 N–H and O–H groups in total. The van der Waals surface area contributed by atoms with Gasteiger partial charge in [-0.25, -0.2) is 0 Å². The maximum Gasteiger partial charge on any atom is 0.0403 e. The van der Waals surface area contributed by atoms with Crippen LogP contribution in [0.3, 0.4) is 0 Å². The molecule has 0 radical (unpaired) electrons. The van der Waals surface area contributed by atoms with E-state index in [4.69, 9.17) is 0 Å². The number of benzene rings is 2. The SMILES string of the molecule is CSc1ccc(NCc2cc(C)ccc2C)cc1. The van der Waals surface area contributed by atoms with Gasteiger partial charge in [-0.15, -0.1) is 11.8 Å². The summed E-state index contributed by atoms with van der Waals surface area (Å²) >= 11 is 1.77. The van der Waals surface area contributed by atoms with E-state index in [1.165, 1.54) is 27.3 Å². The van der Waals surface area contributed by atoms with E-state index in [1.807, 2.05) is 0 Å². The molecule has 0 aliphatic rings. The van der Waals surface area contributed by atoms with Gasteiger partial charge in [-0.2, -0.15) is 0 Å². The summed E-state index contributed by atoms with van der Waals surface area (Å²) in [6.45, 7) is 5.18. The molecule has 18 heavy (non-hydrogen) atoms. The van der Waals surface area contributed by atoms with Crippen LogP contribution in [0, 0.1) is 13.8 Å². The minimum Gasteiger partial charge on any atom is -0.381 e. The predicted molar refractivity (Wildman–Crippen MR) is 81.5 cm³/mol. The number of rotatable bonds is 4. The summed E-state index contributed by atoms with van der Waals surface area (Å²) in [4.78, 5) is 1.30. The van der Waals surface area contributed by atoms with Crippen LogP contribution < -0.4 is 5.32 Å². The molecule has 2 rings (SSSR count). The standard InChI is InChI=1S/C16H19NS/c1-12-4-5-13(2)14(10-12)11-17-15-6-8-16(18-3)9-7-15/h4-10,17H,11H2,1-3H3. The van der Waals surface area contributed by atoms with Crippen LogP contribution in [-0.2, 0) is 6.54 Å². The van der Waals surface area contributed by atoms with Crippen LogP contribution in [0.1, 0.15) is 16.7 Å². The molecule has 0 bridgehead atoms. The summed E-state index contributed by atoms with van der Waals surface area (Å²) in [6, 6.07) is 15.2. The van der Waals surface area contributed by atoms with Crippen molar-refractivity contribution in [1.82, 2.24) is 0 Å². The number of hydrogen-bond acceptors (Lipinski definition) is 2. The Morgan fingerprint density at radius 2 is 1.72 bits per heavy atom. The zero-order valence-electron chi connectivity index (χ0n) is 11.2. The molecule has 2 aromatic carbocycles. The molecule has 2 aromatic rings. The van der Waals surface area contributed by atoms with Gasteiger partial charge in [0, 0.05) is 17.1 Å². The smallest absolute Gasteiger partial charge is 0.0403 e. The molecule has 0 unspecified atom stereocenters. The van der Waals surface area contributed by atoms with Crippen molar-refractivity contribution in [2.75, 3.05) is 11.6 Å². The molecule has 0 spiro atoms. The van der Waals surface area contributed by atoms with Crippen molar-refractivity contribution in [3.05, 3.63) is 59.2 Å². The summed E-state index contributed by atoms with van der Waals surface area (Å²) in [5.41, 5.74) is 5.20. The number of aryl methyl sites for hydroxylation is 2. The molecule has 0 amide bonds. The molecule has 0 fully saturated rings. The lowest BCUT2D eigenvalue weighted by Crippen LogP contribution is -2.01. The van der Waals surface area contributed by atoms with Gasteiger partial charge in [-0.3, -0.25) is 0 Å². The average molecular weight is 257 g/mol. The van der Waals surface area contributed by atoms with E-state index >= 15 is 0 Å². The summed E-state index contributed by atoms with van der Waals surface area (Å²) in [7, 11) is 0. The maximum atomic E-state index is 3.47. The average Bonchev–Trinajstić information content (AvgIpc) is 2.40. The fourth-order valence-corrected chi connectivity index (χ4v) is 2.31. The number of hydrogen-bond donors (Lipinski definition) is 1. The zero-order valence-corrected chi connectivity index (χ0v) is 12.0. The molecule has 0 aromatic heterocycles. The van der Waals surface area contributed by atoms with Gasteiger partial charge in [0.05, 0.1) is 0 Å². The Morgan fingerprint density at radius 3 is 2.39 bits per heavy atom. The van der Waals surface area contributed by atoms with Gasteiger partial charge >= 0.3 is 0 Å². The molecule has 1 nitrogen and oxygen atoms in total. The Bertz CT molecular complexity index is 517. The highest BCUT2D eigenvalue weighted by Gasteiger charge is 1.99. The van der Waals surface area contributed by atoms with Gasteiger partial charge in [-0.1, -0.05) is 23.8 Å². The van der Waals surface area contributed by atoms with Gasteiger partial charge in [0.2, 0.25) is 0 Å². The van der Waals surface area contributed by atoms with Crippen molar-refractivity contribution in [1.29, 1.82) is 0 Å². The Kier molecular flexibility index (Phi) is 4.32. The summed E-state index contributed by atoms with van der Waals surface area (Å²) in [6.07, 6.45) is 2.10. The first kappa shape index (κ1) is 13.0. The van der Waals surface area contributed by atoms with E-state index in [1.54, 1.807) is 11.8 Å². The summed E-state index contributed by atoms with van der Waals surface area (Å²) in [5.74, 6) is 0. The third-order valence-corrected chi connectivity index (χ3v) is 3.82. The lowest BCUT2D eigenvalue weighted by atomic mass is 10.1. The van der Waals surface area contributed by atoms with Crippen molar-refractivity contribution in [3.63, 3.8) is 0 Å². The lowest BCUT2D eigenvalue weighted by molar-refractivity contribution is 1.11. The van der Waals surface area contributed by atoms with E-state index in [0.717, 1.165) is 6.54 Å². The fraction of sp³-hybridized carbons (Fsp3) is 0.250. The Balaban J connectivity index is 2.04. The largest absolute Gasteiger partial charge is 0.381 e. The normalized spacial score (nSPS) is 10.4. The molecule has 0 saturated heterocycles. The second-order valence-electron chi connectivity index (χ2n) is 4.51. The van der Waals surface area contributed by atoms with Crippen LogP contribution in [0.4, 0.5) is 5.69 Å². The van der Waals surface area contributed by atoms with Gasteiger partial charge in [0.1, 0.15) is 0 Å². The number of nitrogens with one attached hydrogen (secondary N) is 1. The number of thioether (sulfide) groups is 1. The van der Waals surface area contributed by atoms with Crippen molar-refractivity contribution in [3.8, 4) is 0 Å². The third-order valence-electron chi connectivity index (χ3n) is 3.08. The first-order valence-corrected chi connectivity index (χ1v) is 7.35. The molecule has 2 heteroatoms. The maximum absolute atomic E-state index is 3.47. The van der Waals surface area contributed by atoms with E-state index in [0.29, 0.717) is 0 Å². The van der Waals surface area contributed by atoms with E-state index in [2.05, 4.69) is 67.9 Å². The Morgan fingerprint density at radius 1 is 1.00 bits per heavy atom. The van der Waals surface area contributed by atoms with Crippen LogP contribution in [0.25, 0.3) is 0 Å². The highest BCUT2D eigenvalue weighted by molar-refractivity contribution is 7.98. The molecule has 0 saturated carbocycles. The highest BCUT2D eigenvalue weighted by Crippen LogP contribution is 2.18. The first-order chi connectivity index (χ1) is 8.69. The summed E-state index contributed by atoms with van der Waals surface area (Å²) < 4.78 is 0. The molecule has 0 aliphatic carbocycles.